The van der Waals surface area contributed by atoms with Crippen LogP contribution in [0.3, 0.4) is 0 Å². The highest BCUT2D eigenvalue weighted by Gasteiger charge is 2.58. The summed E-state index contributed by atoms with van der Waals surface area (Å²) in [6.07, 6.45) is 6.36. The standard InChI is InChI=1S/C23H32O4/c1-23-11-10-18-17-8-6-16(26-2)12-14(17)4-7-19(18)22(23)15(13-20(23)24)5-9-21(25)27-3/h6,8,12,15,18-20,22,24H,4-5,7,9-11,13H2,1-3H3. The first kappa shape index (κ1) is 18.8. The third-order valence-electron chi connectivity index (χ3n) is 7.97. The second-order valence-corrected chi connectivity index (χ2v) is 9.07. The predicted octanol–water partition coefficient (Wildman–Crippen LogP) is 4.09. The Morgan fingerprint density at radius 2 is 2.11 bits per heavy atom. The molecule has 0 saturated heterocycles. The van der Waals surface area contributed by atoms with E-state index in [1.54, 1.807) is 7.11 Å². The van der Waals surface area contributed by atoms with E-state index in [1.807, 2.05) is 0 Å². The van der Waals surface area contributed by atoms with E-state index in [1.165, 1.54) is 24.7 Å². The number of carbonyl (C=O) groups excluding carboxylic acids is 1. The minimum atomic E-state index is -0.247. The number of fused-ring (bicyclic) bond motifs is 5. The van der Waals surface area contributed by atoms with E-state index in [4.69, 9.17) is 9.47 Å². The Morgan fingerprint density at radius 3 is 2.85 bits per heavy atom. The van der Waals surface area contributed by atoms with Gasteiger partial charge in [-0.1, -0.05) is 13.0 Å². The van der Waals surface area contributed by atoms with Crippen molar-refractivity contribution in [1.82, 2.24) is 0 Å². The highest BCUT2D eigenvalue weighted by atomic mass is 16.5. The number of aliphatic hydroxyl groups excluding tert-OH is 1. The Kier molecular flexibility index (Phi) is 4.96. The molecule has 0 bridgehead atoms. The molecule has 1 N–H and O–H groups in total. The van der Waals surface area contributed by atoms with Crippen molar-refractivity contribution < 1.29 is 19.4 Å². The number of aliphatic hydroxyl groups is 1. The van der Waals surface area contributed by atoms with E-state index in [0.717, 1.165) is 37.9 Å². The Morgan fingerprint density at radius 1 is 1.30 bits per heavy atom. The molecule has 0 radical (unpaired) electrons. The van der Waals surface area contributed by atoms with Crippen LogP contribution in [0, 0.1) is 23.2 Å². The van der Waals surface area contributed by atoms with Crippen LogP contribution >= 0.6 is 0 Å². The largest absolute Gasteiger partial charge is 0.497 e. The monoisotopic (exact) mass is 372 g/mol. The predicted molar refractivity (Wildman–Crippen MR) is 104 cm³/mol. The van der Waals surface area contributed by atoms with Crippen molar-refractivity contribution in [3.63, 3.8) is 0 Å². The van der Waals surface area contributed by atoms with Gasteiger partial charge in [0.2, 0.25) is 0 Å². The van der Waals surface area contributed by atoms with Crippen LogP contribution in [-0.2, 0) is 16.0 Å². The summed E-state index contributed by atoms with van der Waals surface area (Å²) in [5, 5.41) is 10.9. The SMILES string of the molecule is COC(=O)CCC1CC(O)C2(C)CCC3c4ccc(OC)cc4CCC3C12. The average molecular weight is 373 g/mol. The summed E-state index contributed by atoms with van der Waals surface area (Å²) in [5.41, 5.74) is 2.91. The van der Waals surface area contributed by atoms with Crippen molar-refractivity contribution in [2.45, 2.75) is 63.9 Å². The number of carbonyl (C=O) groups is 1. The Balaban J connectivity index is 1.61. The molecule has 148 valence electrons. The maximum atomic E-state index is 11.7. The zero-order valence-electron chi connectivity index (χ0n) is 16.7. The van der Waals surface area contributed by atoms with Crippen molar-refractivity contribution in [3.8, 4) is 5.75 Å². The topological polar surface area (TPSA) is 55.8 Å². The smallest absolute Gasteiger partial charge is 0.305 e. The van der Waals surface area contributed by atoms with Gasteiger partial charge in [0.1, 0.15) is 5.75 Å². The molecular formula is C23H32O4. The molecule has 0 aromatic heterocycles. The van der Waals surface area contributed by atoms with Crippen molar-refractivity contribution in [3.05, 3.63) is 29.3 Å². The van der Waals surface area contributed by atoms with Crippen molar-refractivity contribution in [2.75, 3.05) is 14.2 Å². The molecule has 6 unspecified atom stereocenters. The van der Waals surface area contributed by atoms with Crippen molar-refractivity contribution in [1.29, 1.82) is 0 Å². The maximum Gasteiger partial charge on any atom is 0.305 e. The molecule has 2 saturated carbocycles. The molecule has 3 aliphatic carbocycles. The van der Waals surface area contributed by atoms with Gasteiger partial charge < -0.3 is 14.6 Å². The van der Waals surface area contributed by atoms with Crippen LogP contribution in [0.5, 0.6) is 5.75 Å². The summed E-state index contributed by atoms with van der Waals surface area (Å²) >= 11 is 0. The van der Waals surface area contributed by atoms with Crippen molar-refractivity contribution in [2.24, 2.45) is 23.2 Å². The fourth-order valence-electron chi connectivity index (χ4n) is 6.65. The molecule has 4 nitrogen and oxygen atoms in total. The van der Waals surface area contributed by atoms with Gasteiger partial charge in [0.05, 0.1) is 20.3 Å². The fourth-order valence-corrected chi connectivity index (χ4v) is 6.65. The minimum Gasteiger partial charge on any atom is -0.497 e. The average Bonchev–Trinajstić information content (AvgIpc) is 2.95. The summed E-state index contributed by atoms with van der Waals surface area (Å²) < 4.78 is 10.3. The molecule has 0 amide bonds. The maximum absolute atomic E-state index is 11.7. The number of hydrogen-bond donors (Lipinski definition) is 1. The summed E-state index contributed by atoms with van der Waals surface area (Å²) in [6.45, 7) is 2.29. The lowest BCUT2D eigenvalue weighted by atomic mass is 9.54. The van der Waals surface area contributed by atoms with Crippen LogP contribution in [0.15, 0.2) is 18.2 Å². The summed E-state index contributed by atoms with van der Waals surface area (Å²) in [6, 6.07) is 6.56. The third kappa shape index (κ3) is 3.06. The van der Waals surface area contributed by atoms with Gasteiger partial charge in [0.15, 0.2) is 0 Å². The molecule has 1 aromatic carbocycles. The molecule has 2 fully saturated rings. The molecule has 6 atom stereocenters. The van der Waals surface area contributed by atoms with E-state index in [9.17, 15) is 9.90 Å². The summed E-state index contributed by atoms with van der Waals surface area (Å²) in [4.78, 5) is 11.7. The van der Waals surface area contributed by atoms with Gasteiger partial charge >= 0.3 is 5.97 Å². The number of aryl methyl sites for hydroxylation is 1. The van der Waals surface area contributed by atoms with E-state index in [0.29, 0.717) is 30.1 Å². The second kappa shape index (κ2) is 7.12. The van der Waals surface area contributed by atoms with Crippen LogP contribution in [0.25, 0.3) is 0 Å². The molecule has 27 heavy (non-hydrogen) atoms. The second-order valence-electron chi connectivity index (χ2n) is 9.07. The lowest BCUT2D eigenvalue weighted by Gasteiger charge is -2.51. The van der Waals surface area contributed by atoms with Crippen LogP contribution in [0.2, 0.25) is 0 Å². The van der Waals surface area contributed by atoms with Crippen LogP contribution in [0.4, 0.5) is 0 Å². The van der Waals surface area contributed by atoms with Gasteiger partial charge in [-0.25, -0.2) is 0 Å². The number of benzene rings is 1. The van der Waals surface area contributed by atoms with E-state index >= 15 is 0 Å². The Bertz CT molecular complexity index is 714. The van der Waals surface area contributed by atoms with Gasteiger partial charge in [-0.2, -0.15) is 0 Å². The Hall–Kier alpha value is -1.55. The zero-order chi connectivity index (χ0) is 19.2. The number of hydrogen-bond acceptors (Lipinski definition) is 4. The number of methoxy groups -OCH3 is 2. The molecular weight excluding hydrogens is 340 g/mol. The zero-order valence-corrected chi connectivity index (χ0v) is 16.7. The van der Waals surface area contributed by atoms with Gasteiger partial charge in [-0.3, -0.25) is 4.79 Å². The van der Waals surface area contributed by atoms with E-state index < -0.39 is 0 Å². The molecule has 4 rings (SSSR count). The highest BCUT2D eigenvalue weighted by molar-refractivity contribution is 5.69. The number of rotatable bonds is 4. The van der Waals surface area contributed by atoms with Crippen LogP contribution in [-0.4, -0.2) is 31.4 Å². The molecule has 0 heterocycles. The van der Waals surface area contributed by atoms with Gasteiger partial charge in [-0.05, 0) is 90.9 Å². The first-order valence-electron chi connectivity index (χ1n) is 10.4. The van der Waals surface area contributed by atoms with E-state index in [-0.39, 0.29) is 17.5 Å². The lowest BCUT2D eigenvalue weighted by molar-refractivity contribution is -0.141. The van der Waals surface area contributed by atoms with E-state index in [2.05, 4.69) is 25.1 Å². The summed E-state index contributed by atoms with van der Waals surface area (Å²) in [5.74, 6) is 2.89. The minimum absolute atomic E-state index is 0.00801. The molecule has 1 aromatic rings. The number of esters is 1. The van der Waals surface area contributed by atoms with Crippen molar-refractivity contribution >= 4 is 5.97 Å². The van der Waals surface area contributed by atoms with Gasteiger partial charge in [0.25, 0.3) is 0 Å². The molecule has 3 aliphatic rings. The van der Waals surface area contributed by atoms with Gasteiger partial charge in [0, 0.05) is 6.42 Å². The first-order chi connectivity index (χ1) is 13.0. The molecule has 0 aliphatic heterocycles. The Labute approximate surface area is 162 Å². The van der Waals surface area contributed by atoms with Crippen LogP contribution in [0.1, 0.15) is 62.5 Å². The van der Waals surface area contributed by atoms with Gasteiger partial charge in [-0.15, -0.1) is 0 Å². The highest BCUT2D eigenvalue weighted by Crippen LogP contribution is 2.63. The van der Waals surface area contributed by atoms with Crippen LogP contribution < -0.4 is 4.74 Å². The third-order valence-corrected chi connectivity index (χ3v) is 7.97. The molecule has 0 spiro atoms. The first-order valence-corrected chi connectivity index (χ1v) is 10.4. The summed E-state index contributed by atoms with van der Waals surface area (Å²) in [7, 11) is 3.18. The quantitative estimate of drug-likeness (QED) is 0.809. The normalized spacial score (nSPS) is 37.1. The lowest BCUT2D eigenvalue weighted by Crippen LogP contribution is -2.45. The molecule has 4 heteroatoms. The fraction of sp³-hybridized carbons (Fsp3) is 0.696. The number of ether oxygens (including phenoxy) is 2.